The minimum atomic E-state index is 0.0829. The Morgan fingerprint density at radius 3 is 2.36 bits per heavy atom. The molecule has 2 aromatic rings. The lowest BCUT2D eigenvalue weighted by Gasteiger charge is -2.21. The monoisotopic (exact) mass is 382 g/mol. The van der Waals surface area contributed by atoms with Crippen LogP contribution in [0.1, 0.15) is 29.5 Å². The minimum absolute atomic E-state index is 0.0829. The van der Waals surface area contributed by atoms with Gasteiger partial charge in [0, 0.05) is 19.1 Å². The number of benzene rings is 2. The van der Waals surface area contributed by atoms with Gasteiger partial charge in [0.25, 0.3) is 0 Å². The Hall–Kier alpha value is -2.53. The van der Waals surface area contributed by atoms with Gasteiger partial charge in [0.2, 0.25) is 5.91 Å². The normalized spacial score (nSPS) is 13.4. The van der Waals surface area contributed by atoms with Gasteiger partial charge in [-0.2, -0.15) is 0 Å². The molecule has 0 radical (unpaired) electrons. The molecule has 0 atom stereocenters. The smallest absolute Gasteiger partial charge is 0.234 e. The predicted molar refractivity (Wildman–Crippen MR) is 111 cm³/mol. The van der Waals surface area contributed by atoms with E-state index in [0.717, 1.165) is 18.5 Å². The highest BCUT2D eigenvalue weighted by atomic mass is 16.5. The summed E-state index contributed by atoms with van der Waals surface area (Å²) in [4.78, 5) is 14.7. The number of hydrogen-bond donors (Lipinski definition) is 1. The van der Waals surface area contributed by atoms with E-state index in [-0.39, 0.29) is 5.91 Å². The summed E-state index contributed by atoms with van der Waals surface area (Å²) < 4.78 is 10.6. The molecule has 1 amide bonds. The number of nitrogens with one attached hydrogen (secondary N) is 1. The third kappa shape index (κ3) is 5.73. The molecular weight excluding hydrogens is 352 g/mol. The van der Waals surface area contributed by atoms with Crippen molar-refractivity contribution in [3.05, 3.63) is 59.2 Å². The average Bonchev–Trinajstić information content (AvgIpc) is 3.54. The number of amides is 1. The number of carbonyl (C=O) groups excluding carboxylic acids is 1. The van der Waals surface area contributed by atoms with E-state index in [9.17, 15) is 4.79 Å². The summed E-state index contributed by atoms with van der Waals surface area (Å²) in [6.45, 7) is 3.98. The summed E-state index contributed by atoms with van der Waals surface area (Å²) in [6.07, 6.45) is 3.13. The molecule has 0 bridgehead atoms. The first-order valence-corrected chi connectivity index (χ1v) is 9.86. The van der Waals surface area contributed by atoms with Gasteiger partial charge in [-0.1, -0.05) is 35.9 Å². The number of carbonyl (C=O) groups is 1. The Kier molecular flexibility index (Phi) is 6.93. The van der Waals surface area contributed by atoms with E-state index in [1.54, 1.807) is 14.2 Å². The zero-order valence-corrected chi connectivity index (χ0v) is 17.0. The van der Waals surface area contributed by atoms with Gasteiger partial charge < -0.3 is 14.8 Å². The van der Waals surface area contributed by atoms with E-state index >= 15 is 0 Å². The first-order chi connectivity index (χ1) is 13.6. The Bertz CT molecular complexity index is 785. The summed E-state index contributed by atoms with van der Waals surface area (Å²) in [7, 11) is 3.25. The van der Waals surface area contributed by atoms with Crippen LogP contribution in [0.2, 0.25) is 0 Å². The first-order valence-electron chi connectivity index (χ1n) is 9.86. The van der Waals surface area contributed by atoms with Crippen molar-refractivity contribution in [3.8, 4) is 11.5 Å². The van der Waals surface area contributed by atoms with Gasteiger partial charge >= 0.3 is 0 Å². The first kappa shape index (κ1) is 20.2. The third-order valence-corrected chi connectivity index (χ3v) is 5.10. The Balaban J connectivity index is 1.48. The Labute approximate surface area is 167 Å². The number of rotatable bonds is 10. The van der Waals surface area contributed by atoms with Crippen LogP contribution in [0.25, 0.3) is 0 Å². The van der Waals surface area contributed by atoms with Crippen LogP contribution in [0.3, 0.4) is 0 Å². The van der Waals surface area contributed by atoms with Crippen molar-refractivity contribution in [1.29, 1.82) is 0 Å². The summed E-state index contributed by atoms with van der Waals surface area (Å²) in [5.41, 5.74) is 3.63. The van der Waals surface area contributed by atoms with Gasteiger partial charge in [0.1, 0.15) is 0 Å². The molecule has 0 aliphatic heterocycles. The maximum absolute atomic E-state index is 12.4. The van der Waals surface area contributed by atoms with Gasteiger partial charge in [0.05, 0.1) is 20.8 Å². The van der Waals surface area contributed by atoms with Crippen LogP contribution in [0, 0.1) is 6.92 Å². The molecule has 0 spiro atoms. The van der Waals surface area contributed by atoms with E-state index < -0.39 is 0 Å². The molecule has 150 valence electrons. The van der Waals surface area contributed by atoms with Crippen LogP contribution < -0.4 is 14.8 Å². The topological polar surface area (TPSA) is 50.8 Å². The van der Waals surface area contributed by atoms with Crippen molar-refractivity contribution in [2.75, 3.05) is 27.3 Å². The molecule has 2 aromatic carbocycles. The van der Waals surface area contributed by atoms with E-state index in [0.29, 0.717) is 30.6 Å². The van der Waals surface area contributed by atoms with Crippen molar-refractivity contribution < 1.29 is 14.3 Å². The Morgan fingerprint density at radius 2 is 1.71 bits per heavy atom. The van der Waals surface area contributed by atoms with Crippen LogP contribution >= 0.6 is 0 Å². The molecule has 28 heavy (non-hydrogen) atoms. The fraction of sp³-hybridized carbons (Fsp3) is 0.435. The molecule has 1 fully saturated rings. The average molecular weight is 383 g/mol. The zero-order valence-electron chi connectivity index (χ0n) is 17.0. The van der Waals surface area contributed by atoms with E-state index in [1.807, 2.05) is 18.2 Å². The molecule has 3 rings (SSSR count). The van der Waals surface area contributed by atoms with Gasteiger partial charge in [-0.05, 0) is 49.4 Å². The fourth-order valence-electron chi connectivity index (χ4n) is 3.30. The second-order valence-electron chi connectivity index (χ2n) is 7.41. The number of hydrogen-bond acceptors (Lipinski definition) is 4. The molecule has 0 unspecified atom stereocenters. The lowest BCUT2D eigenvalue weighted by atomic mass is 10.1. The zero-order chi connectivity index (χ0) is 19.9. The highest BCUT2D eigenvalue weighted by Gasteiger charge is 2.30. The largest absolute Gasteiger partial charge is 0.493 e. The number of methoxy groups -OCH3 is 2. The standard InChI is InChI=1S/C23H30N2O3/c1-17-4-6-19(7-5-17)15-25(20-9-10-20)16-23(26)24-13-12-18-8-11-21(27-2)22(14-18)28-3/h4-8,11,14,20H,9-10,12-13,15-16H2,1-3H3,(H,24,26). The molecule has 5 heteroatoms. The Morgan fingerprint density at radius 1 is 1.04 bits per heavy atom. The van der Waals surface area contributed by atoms with Crippen molar-refractivity contribution in [2.24, 2.45) is 0 Å². The fourth-order valence-corrected chi connectivity index (χ4v) is 3.30. The van der Waals surface area contributed by atoms with Crippen LogP contribution in [0.15, 0.2) is 42.5 Å². The van der Waals surface area contributed by atoms with Crippen molar-refractivity contribution >= 4 is 5.91 Å². The van der Waals surface area contributed by atoms with Gasteiger partial charge in [-0.25, -0.2) is 0 Å². The molecule has 1 N–H and O–H groups in total. The highest BCUT2D eigenvalue weighted by Crippen LogP contribution is 2.28. The molecule has 1 saturated carbocycles. The SMILES string of the molecule is COc1ccc(CCNC(=O)CN(Cc2ccc(C)cc2)C2CC2)cc1OC. The maximum atomic E-state index is 12.4. The molecule has 1 aliphatic carbocycles. The van der Waals surface area contributed by atoms with Gasteiger partial charge in [0.15, 0.2) is 11.5 Å². The van der Waals surface area contributed by atoms with E-state index in [1.165, 1.54) is 24.0 Å². The van der Waals surface area contributed by atoms with Crippen molar-refractivity contribution in [1.82, 2.24) is 10.2 Å². The second kappa shape index (κ2) is 9.60. The number of nitrogens with zero attached hydrogens (tertiary/aromatic N) is 1. The second-order valence-corrected chi connectivity index (χ2v) is 7.41. The third-order valence-electron chi connectivity index (χ3n) is 5.10. The van der Waals surface area contributed by atoms with Crippen molar-refractivity contribution in [3.63, 3.8) is 0 Å². The lowest BCUT2D eigenvalue weighted by molar-refractivity contribution is -0.122. The minimum Gasteiger partial charge on any atom is -0.493 e. The predicted octanol–water partition coefficient (Wildman–Crippen LogP) is 3.34. The lowest BCUT2D eigenvalue weighted by Crippen LogP contribution is -2.38. The van der Waals surface area contributed by atoms with E-state index in [4.69, 9.17) is 9.47 Å². The quantitative estimate of drug-likeness (QED) is 0.685. The van der Waals surface area contributed by atoms with Crippen LogP contribution in [0.4, 0.5) is 0 Å². The van der Waals surface area contributed by atoms with Crippen LogP contribution in [-0.2, 0) is 17.8 Å². The molecule has 0 aromatic heterocycles. The summed E-state index contributed by atoms with van der Waals surface area (Å²) in [6, 6.07) is 15.0. The summed E-state index contributed by atoms with van der Waals surface area (Å²) in [5.74, 6) is 1.51. The van der Waals surface area contributed by atoms with Gasteiger partial charge in [-0.3, -0.25) is 9.69 Å². The van der Waals surface area contributed by atoms with Crippen LogP contribution in [0.5, 0.6) is 11.5 Å². The molecular formula is C23H30N2O3. The molecule has 0 saturated heterocycles. The number of ether oxygens (including phenoxy) is 2. The van der Waals surface area contributed by atoms with Gasteiger partial charge in [-0.15, -0.1) is 0 Å². The maximum Gasteiger partial charge on any atom is 0.234 e. The number of aryl methyl sites for hydroxylation is 1. The van der Waals surface area contributed by atoms with Crippen molar-refractivity contribution in [2.45, 2.75) is 38.8 Å². The molecule has 0 heterocycles. The highest BCUT2D eigenvalue weighted by molar-refractivity contribution is 5.78. The molecule has 1 aliphatic rings. The van der Waals surface area contributed by atoms with E-state index in [2.05, 4.69) is 41.4 Å². The summed E-state index contributed by atoms with van der Waals surface area (Å²) >= 11 is 0. The molecule has 5 nitrogen and oxygen atoms in total. The van der Waals surface area contributed by atoms with Crippen LogP contribution in [-0.4, -0.2) is 44.2 Å². The summed E-state index contributed by atoms with van der Waals surface area (Å²) in [5, 5.41) is 3.05.